The molecule has 1 amide bonds. The summed E-state index contributed by atoms with van der Waals surface area (Å²) in [6, 6.07) is 14.3. The van der Waals surface area contributed by atoms with Crippen LogP contribution in [0.3, 0.4) is 0 Å². The van der Waals surface area contributed by atoms with Crippen LogP contribution in [0.4, 0.5) is 5.69 Å². The quantitative estimate of drug-likeness (QED) is 0.316. The van der Waals surface area contributed by atoms with E-state index in [1.165, 1.54) is 13.2 Å². The van der Waals surface area contributed by atoms with E-state index in [0.717, 1.165) is 28.5 Å². The molecule has 1 aromatic heterocycles. The van der Waals surface area contributed by atoms with Crippen LogP contribution in [-0.2, 0) is 35.9 Å². The average molecular weight is 521 g/mol. The van der Waals surface area contributed by atoms with E-state index >= 15 is 0 Å². The summed E-state index contributed by atoms with van der Waals surface area (Å²) < 4.78 is 28.2. The Morgan fingerprint density at radius 1 is 1.14 bits per heavy atom. The molecule has 194 valence electrons. The molecule has 2 aromatic carbocycles. The van der Waals surface area contributed by atoms with Crippen molar-refractivity contribution in [2.45, 2.75) is 25.8 Å². The molecule has 1 heterocycles. The van der Waals surface area contributed by atoms with Gasteiger partial charge in [-0.3, -0.25) is 9.79 Å². The Morgan fingerprint density at radius 2 is 1.89 bits per heavy atom. The van der Waals surface area contributed by atoms with E-state index in [1.807, 2.05) is 48.9 Å². The number of benzene rings is 2. The summed E-state index contributed by atoms with van der Waals surface area (Å²) in [6.45, 7) is 6.29. The van der Waals surface area contributed by atoms with Gasteiger partial charge >= 0.3 is 0 Å². The molecule has 0 fully saturated rings. The number of sulfonamides is 1. The zero-order chi connectivity index (χ0) is 26.8. The lowest BCUT2D eigenvalue weighted by molar-refractivity contribution is 0.0951. The number of nitrogens with one attached hydrogen (secondary N) is 3. The molecule has 0 saturated heterocycles. The van der Waals surface area contributed by atoms with Crippen molar-refractivity contribution in [1.29, 1.82) is 0 Å². The molecule has 0 spiro atoms. The zero-order valence-electron chi connectivity index (χ0n) is 21.2. The van der Waals surface area contributed by atoms with Gasteiger partial charge in [-0.2, -0.15) is 0 Å². The number of imidazole rings is 1. The summed E-state index contributed by atoms with van der Waals surface area (Å²) in [5, 5.41) is 6.22. The van der Waals surface area contributed by atoms with Crippen LogP contribution >= 0.6 is 0 Å². The number of amides is 1. The van der Waals surface area contributed by atoms with Crippen LogP contribution in [0.5, 0.6) is 0 Å². The van der Waals surface area contributed by atoms with E-state index in [0.29, 0.717) is 17.7 Å². The maximum absolute atomic E-state index is 12.8. The molecule has 0 aliphatic carbocycles. The van der Waals surface area contributed by atoms with Crippen LogP contribution in [-0.4, -0.2) is 36.6 Å². The van der Waals surface area contributed by atoms with Gasteiger partial charge in [0.2, 0.25) is 10.0 Å². The van der Waals surface area contributed by atoms with Gasteiger partial charge in [-0.05, 0) is 49.4 Å². The van der Waals surface area contributed by atoms with Crippen LogP contribution in [0, 0.1) is 0 Å². The summed E-state index contributed by atoms with van der Waals surface area (Å²) >= 11 is 0. The molecular formula is C27H32N6O3S. The van der Waals surface area contributed by atoms with E-state index in [4.69, 9.17) is 0 Å². The second-order valence-electron chi connectivity index (χ2n) is 8.18. The molecule has 0 atom stereocenters. The van der Waals surface area contributed by atoms with Gasteiger partial charge in [-0.1, -0.05) is 43.0 Å². The third-order valence-electron chi connectivity index (χ3n) is 5.68. The highest BCUT2D eigenvalue weighted by molar-refractivity contribution is 7.88. The van der Waals surface area contributed by atoms with E-state index < -0.39 is 10.0 Å². The third-order valence-corrected chi connectivity index (χ3v) is 6.99. The van der Waals surface area contributed by atoms with Crippen LogP contribution in [0.1, 0.15) is 39.9 Å². The summed E-state index contributed by atoms with van der Waals surface area (Å²) in [5.74, 6) is 0.320. The highest BCUT2D eigenvalue weighted by Gasteiger charge is 2.14. The van der Waals surface area contributed by atoms with Gasteiger partial charge in [0.1, 0.15) is 5.71 Å². The number of hydrogen-bond donors (Lipinski definition) is 3. The smallest absolute Gasteiger partial charge is 0.251 e. The maximum atomic E-state index is 12.8. The van der Waals surface area contributed by atoms with Crippen molar-refractivity contribution >= 4 is 27.3 Å². The fourth-order valence-corrected chi connectivity index (χ4v) is 4.50. The number of rotatable bonds is 12. The highest BCUT2D eigenvalue weighted by Crippen LogP contribution is 2.15. The van der Waals surface area contributed by atoms with Crippen molar-refractivity contribution in [2.75, 3.05) is 12.4 Å². The molecule has 0 radical (unpaired) electrons. The van der Waals surface area contributed by atoms with Gasteiger partial charge in [0.05, 0.1) is 24.2 Å². The first-order valence-corrected chi connectivity index (χ1v) is 13.4. The van der Waals surface area contributed by atoms with Gasteiger partial charge in [0, 0.05) is 31.0 Å². The predicted molar refractivity (Wildman–Crippen MR) is 148 cm³/mol. The van der Waals surface area contributed by atoms with Crippen LogP contribution < -0.4 is 15.4 Å². The van der Waals surface area contributed by atoms with E-state index in [-0.39, 0.29) is 18.2 Å². The van der Waals surface area contributed by atoms with Crippen molar-refractivity contribution in [3.63, 3.8) is 0 Å². The van der Waals surface area contributed by atoms with E-state index in [1.54, 1.807) is 36.5 Å². The third kappa shape index (κ3) is 7.48. The largest absolute Gasteiger partial charge is 0.379 e. The van der Waals surface area contributed by atoms with Crippen molar-refractivity contribution < 1.29 is 13.2 Å². The van der Waals surface area contributed by atoms with Gasteiger partial charge in [0.15, 0.2) is 5.82 Å². The Balaban J connectivity index is 1.66. The number of carbonyl (C=O) groups is 1. The van der Waals surface area contributed by atoms with E-state index in [9.17, 15) is 13.2 Å². The van der Waals surface area contributed by atoms with Crippen molar-refractivity contribution in [3.8, 4) is 0 Å². The molecule has 3 aromatic rings. The standard InChI is InChI=1S/C27H32N6O3S/c1-5-10-25(29-6-2)26-31-18-24(33(26)4)17-30-23-14-9-13-20(15-23)27(34)32-16-21-11-7-8-12-22(21)19-37(35,36)28-3/h5-15,18,28,30H,2,16-17,19H2,1,3-4H3,(H,32,34)/b10-5-,29-25?. The second-order valence-corrected chi connectivity index (χ2v) is 10.1. The number of anilines is 1. The predicted octanol–water partition coefficient (Wildman–Crippen LogP) is 3.52. The Hall–Kier alpha value is -4.02. The van der Waals surface area contributed by atoms with E-state index in [2.05, 4.69) is 31.9 Å². The van der Waals surface area contributed by atoms with Crippen LogP contribution in [0.25, 0.3) is 0 Å². The molecule has 0 aliphatic rings. The molecule has 9 nitrogen and oxygen atoms in total. The minimum Gasteiger partial charge on any atom is -0.379 e. The van der Waals surface area contributed by atoms with Crippen molar-refractivity contribution in [2.24, 2.45) is 12.0 Å². The molecule has 0 bridgehead atoms. The number of carbonyl (C=O) groups excluding carboxylic acids is 1. The molecule has 3 N–H and O–H groups in total. The topological polar surface area (TPSA) is 117 Å². The first-order valence-electron chi connectivity index (χ1n) is 11.7. The SMILES string of the molecule is C=CN=C(/C=C\C)c1ncc(CNc2cccc(C(=O)NCc3ccccc3CS(=O)(=O)NC)c2)n1C. The number of aromatic nitrogens is 2. The minimum atomic E-state index is -3.42. The Labute approximate surface area is 218 Å². The Morgan fingerprint density at radius 3 is 2.59 bits per heavy atom. The monoisotopic (exact) mass is 520 g/mol. The maximum Gasteiger partial charge on any atom is 0.251 e. The fourth-order valence-electron chi connectivity index (χ4n) is 3.67. The summed E-state index contributed by atoms with van der Waals surface area (Å²) in [5.41, 5.74) is 4.32. The first kappa shape index (κ1) is 27.6. The normalized spacial score (nSPS) is 12.0. The lowest BCUT2D eigenvalue weighted by Gasteiger charge is -2.12. The lowest BCUT2D eigenvalue weighted by atomic mass is 10.1. The number of hydrogen-bond acceptors (Lipinski definition) is 6. The molecule has 3 rings (SSSR count). The molecule has 37 heavy (non-hydrogen) atoms. The first-order chi connectivity index (χ1) is 17.8. The Bertz CT molecular complexity index is 1420. The summed E-state index contributed by atoms with van der Waals surface area (Å²) in [7, 11) is -0.122. The summed E-state index contributed by atoms with van der Waals surface area (Å²) in [6.07, 6.45) is 7.05. The number of aliphatic imine (C=N–C) groups is 1. The lowest BCUT2D eigenvalue weighted by Crippen LogP contribution is -2.25. The van der Waals surface area contributed by atoms with Gasteiger partial charge in [-0.25, -0.2) is 18.1 Å². The molecule has 0 aliphatic heterocycles. The van der Waals surface area contributed by atoms with Crippen LogP contribution in [0.15, 0.2) is 84.7 Å². The fraction of sp³-hybridized carbons (Fsp3) is 0.222. The zero-order valence-corrected chi connectivity index (χ0v) is 22.0. The summed E-state index contributed by atoms with van der Waals surface area (Å²) in [4.78, 5) is 21.6. The van der Waals surface area contributed by atoms with Gasteiger partial charge in [-0.15, -0.1) is 0 Å². The average Bonchev–Trinajstić information content (AvgIpc) is 3.26. The number of allylic oxidation sites excluding steroid dienone is 2. The van der Waals surface area contributed by atoms with Crippen molar-refractivity contribution in [3.05, 3.63) is 108 Å². The highest BCUT2D eigenvalue weighted by atomic mass is 32.2. The van der Waals surface area contributed by atoms with Gasteiger partial charge < -0.3 is 15.2 Å². The number of nitrogens with zero attached hydrogens (tertiary/aromatic N) is 3. The van der Waals surface area contributed by atoms with Crippen LogP contribution in [0.2, 0.25) is 0 Å². The molecular weight excluding hydrogens is 488 g/mol. The molecule has 10 heteroatoms. The second kappa shape index (κ2) is 12.8. The molecule has 0 saturated carbocycles. The Kier molecular flexibility index (Phi) is 9.53. The van der Waals surface area contributed by atoms with Crippen molar-refractivity contribution in [1.82, 2.24) is 19.6 Å². The molecule has 0 unspecified atom stereocenters. The minimum absolute atomic E-state index is 0.152. The van der Waals surface area contributed by atoms with Gasteiger partial charge in [0.25, 0.3) is 5.91 Å².